The largest absolute Gasteiger partial charge is 0.432 e. The highest BCUT2D eigenvalue weighted by molar-refractivity contribution is 5.51. The highest BCUT2D eigenvalue weighted by atomic mass is 16.6. The van der Waals surface area contributed by atoms with Crippen LogP contribution in [0.2, 0.25) is 0 Å². The summed E-state index contributed by atoms with van der Waals surface area (Å²) in [5.41, 5.74) is 6.30. The molecule has 0 fully saturated rings. The minimum atomic E-state index is -0.488. The molecule has 0 aliphatic rings. The second-order valence-electron chi connectivity index (χ2n) is 4.21. The van der Waals surface area contributed by atoms with E-state index in [4.69, 9.17) is 10.5 Å². The van der Waals surface area contributed by atoms with Gasteiger partial charge in [0.1, 0.15) is 5.82 Å². The Morgan fingerprint density at radius 2 is 2.14 bits per heavy atom. The van der Waals surface area contributed by atoms with Crippen molar-refractivity contribution < 1.29 is 9.66 Å². The summed E-state index contributed by atoms with van der Waals surface area (Å²) >= 11 is 0. The van der Waals surface area contributed by atoms with E-state index in [0.717, 1.165) is 5.56 Å². The Kier molecular flexibility index (Phi) is 4.17. The smallest absolute Gasteiger partial charge is 0.311 e. The van der Waals surface area contributed by atoms with Crippen molar-refractivity contribution in [3.63, 3.8) is 0 Å². The highest BCUT2D eigenvalue weighted by Gasteiger charge is 2.17. The third-order valence-electron chi connectivity index (χ3n) is 2.82. The lowest BCUT2D eigenvalue weighted by molar-refractivity contribution is -0.385. The van der Waals surface area contributed by atoms with Crippen LogP contribution in [0.1, 0.15) is 12.5 Å². The minimum Gasteiger partial charge on any atom is -0.432 e. The zero-order valence-electron chi connectivity index (χ0n) is 11.7. The molecular formula is C13H15N5O3. The van der Waals surface area contributed by atoms with E-state index >= 15 is 0 Å². The number of nitrogens with two attached hydrogens (primary N) is 1. The first-order chi connectivity index (χ1) is 10.0. The van der Waals surface area contributed by atoms with Crippen LogP contribution in [0.25, 0.3) is 0 Å². The van der Waals surface area contributed by atoms with Crippen LogP contribution in [0.15, 0.2) is 24.3 Å². The van der Waals surface area contributed by atoms with Crippen LogP contribution in [0.3, 0.4) is 0 Å². The lowest BCUT2D eigenvalue weighted by Gasteiger charge is -2.08. The van der Waals surface area contributed by atoms with Gasteiger partial charge in [0, 0.05) is 19.2 Å². The monoisotopic (exact) mass is 289 g/mol. The number of aromatic nitrogens is 2. The van der Waals surface area contributed by atoms with E-state index in [2.05, 4.69) is 15.3 Å². The first kappa shape index (κ1) is 14.5. The van der Waals surface area contributed by atoms with E-state index in [1.54, 1.807) is 19.2 Å². The molecule has 1 aromatic heterocycles. The normalized spacial score (nSPS) is 10.2. The number of aryl methyl sites for hydroxylation is 1. The summed E-state index contributed by atoms with van der Waals surface area (Å²) in [5.74, 6) is 0.728. The number of hydrogen-bond donors (Lipinski definition) is 2. The summed E-state index contributed by atoms with van der Waals surface area (Å²) in [6, 6.07) is 6.31. The van der Waals surface area contributed by atoms with Crippen LogP contribution in [0.5, 0.6) is 11.6 Å². The molecule has 2 rings (SSSR count). The van der Waals surface area contributed by atoms with Gasteiger partial charge in [0.15, 0.2) is 0 Å². The summed E-state index contributed by atoms with van der Waals surface area (Å²) in [4.78, 5) is 18.5. The molecule has 0 saturated heterocycles. The van der Waals surface area contributed by atoms with Crippen molar-refractivity contribution in [3.05, 3.63) is 39.9 Å². The number of benzene rings is 1. The van der Waals surface area contributed by atoms with Crippen molar-refractivity contribution >= 4 is 17.5 Å². The summed E-state index contributed by atoms with van der Waals surface area (Å²) in [7, 11) is 1.67. The lowest BCUT2D eigenvalue weighted by atomic mass is 10.1. The number of nitrogens with zero attached hydrogens (tertiary/aromatic N) is 3. The fraction of sp³-hybridized carbons (Fsp3) is 0.231. The molecule has 1 aromatic carbocycles. The number of hydrogen-bond acceptors (Lipinski definition) is 7. The number of anilines is 2. The Bertz CT molecular complexity index is 675. The lowest BCUT2D eigenvalue weighted by Crippen LogP contribution is -2.02. The van der Waals surface area contributed by atoms with Gasteiger partial charge in [0.2, 0.25) is 17.6 Å². The van der Waals surface area contributed by atoms with Gasteiger partial charge in [-0.3, -0.25) is 10.1 Å². The van der Waals surface area contributed by atoms with Crippen molar-refractivity contribution in [1.82, 2.24) is 9.97 Å². The fourth-order valence-electron chi connectivity index (χ4n) is 1.75. The van der Waals surface area contributed by atoms with Crippen LogP contribution in [-0.4, -0.2) is 21.9 Å². The predicted octanol–water partition coefficient (Wildman–Crippen LogP) is 2.36. The third kappa shape index (κ3) is 3.35. The molecule has 2 aromatic rings. The van der Waals surface area contributed by atoms with Gasteiger partial charge in [-0.2, -0.15) is 9.97 Å². The average molecular weight is 289 g/mol. The summed E-state index contributed by atoms with van der Waals surface area (Å²) in [6.45, 7) is 1.92. The Hall–Kier alpha value is -2.90. The van der Waals surface area contributed by atoms with E-state index in [-0.39, 0.29) is 23.3 Å². The summed E-state index contributed by atoms with van der Waals surface area (Å²) in [6.07, 6.45) is 0.700. The van der Waals surface area contributed by atoms with Crippen LogP contribution >= 0.6 is 0 Å². The van der Waals surface area contributed by atoms with E-state index in [1.165, 1.54) is 12.1 Å². The predicted molar refractivity (Wildman–Crippen MR) is 78.5 cm³/mol. The quantitative estimate of drug-likeness (QED) is 0.641. The Balaban J connectivity index is 2.39. The topological polar surface area (TPSA) is 116 Å². The summed E-state index contributed by atoms with van der Waals surface area (Å²) < 4.78 is 5.48. The fourth-order valence-corrected chi connectivity index (χ4v) is 1.75. The molecule has 110 valence electrons. The van der Waals surface area contributed by atoms with Crippen molar-refractivity contribution in [2.45, 2.75) is 13.3 Å². The van der Waals surface area contributed by atoms with E-state index in [0.29, 0.717) is 12.2 Å². The molecule has 8 heteroatoms. The maximum atomic E-state index is 11.1. The van der Waals surface area contributed by atoms with Crippen LogP contribution < -0.4 is 15.8 Å². The molecule has 0 saturated carbocycles. The number of ether oxygens (including phenoxy) is 1. The van der Waals surface area contributed by atoms with Crippen LogP contribution in [0.4, 0.5) is 17.5 Å². The molecule has 0 amide bonds. The minimum absolute atomic E-state index is 0.0182. The van der Waals surface area contributed by atoms with Gasteiger partial charge in [0.05, 0.1) is 4.92 Å². The van der Waals surface area contributed by atoms with Crippen LogP contribution in [0, 0.1) is 10.1 Å². The number of nitrogen functional groups attached to an aromatic ring is 1. The van der Waals surface area contributed by atoms with Gasteiger partial charge in [-0.05, 0) is 18.1 Å². The Labute approximate surface area is 121 Å². The molecule has 0 spiro atoms. The molecular weight excluding hydrogens is 274 g/mol. The second kappa shape index (κ2) is 6.04. The van der Waals surface area contributed by atoms with Gasteiger partial charge in [-0.15, -0.1) is 0 Å². The first-order valence-electron chi connectivity index (χ1n) is 6.31. The first-order valence-corrected chi connectivity index (χ1v) is 6.31. The molecule has 1 heterocycles. The molecule has 0 bridgehead atoms. The molecule has 0 aliphatic carbocycles. The van der Waals surface area contributed by atoms with Crippen LogP contribution in [-0.2, 0) is 6.42 Å². The Morgan fingerprint density at radius 1 is 1.38 bits per heavy atom. The molecule has 0 aliphatic heterocycles. The van der Waals surface area contributed by atoms with Crippen molar-refractivity contribution in [2.75, 3.05) is 18.1 Å². The maximum Gasteiger partial charge on any atom is 0.311 e. The van der Waals surface area contributed by atoms with Gasteiger partial charge in [0.25, 0.3) is 0 Å². The van der Waals surface area contributed by atoms with Gasteiger partial charge < -0.3 is 15.8 Å². The SMILES string of the molecule is CCc1ccc(Oc2cc(NC)nc(N)n2)c([N+](=O)[O-])c1. The number of nitro groups is 1. The van der Waals surface area contributed by atoms with Gasteiger partial charge >= 0.3 is 5.69 Å². The third-order valence-corrected chi connectivity index (χ3v) is 2.82. The van der Waals surface area contributed by atoms with Crippen molar-refractivity contribution in [3.8, 4) is 11.6 Å². The standard InChI is InChI=1S/C13H15N5O3/c1-3-8-4-5-10(9(6-8)18(19)20)21-12-7-11(15-2)16-13(14)17-12/h4-7H,3H2,1-2H3,(H3,14,15,16,17). The Morgan fingerprint density at radius 3 is 2.76 bits per heavy atom. The molecule has 0 atom stereocenters. The molecule has 0 unspecified atom stereocenters. The average Bonchev–Trinajstić information content (AvgIpc) is 2.46. The van der Waals surface area contributed by atoms with Gasteiger partial charge in [-0.25, -0.2) is 0 Å². The molecule has 0 radical (unpaired) electrons. The molecule has 3 N–H and O–H groups in total. The number of nitrogens with one attached hydrogen (secondary N) is 1. The number of nitro benzene ring substituents is 1. The molecule has 21 heavy (non-hydrogen) atoms. The van der Waals surface area contributed by atoms with E-state index in [1.807, 2.05) is 6.92 Å². The zero-order valence-corrected chi connectivity index (χ0v) is 11.7. The van der Waals surface area contributed by atoms with E-state index in [9.17, 15) is 10.1 Å². The van der Waals surface area contributed by atoms with Gasteiger partial charge in [-0.1, -0.05) is 13.0 Å². The second-order valence-corrected chi connectivity index (χ2v) is 4.21. The van der Waals surface area contributed by atoms with Crippen molar-refractivity contribution in [2.24, 2.45) is 0 Å². The molecule has 8 nitrogen and oxygen atoms in total. The maximum absolute atomic E-state index is 11.1. The highest BCUT2D eigenvalue weighted by Crippen LogP contribution is 2.32. The van der Waals surface area contributed by atoms with E-state index < -0.39 is 4.92 Å². The summed E-state index contributed by atoms with van der Waals surface area (Å²) in [5, 5.41) is 13.9. The number of rotatable bonds is 5. The van der Waals surface area contributed by atoms with Crippen molar-refractivity contribution in [1.29, 1.82) is 0 Å². The zero-order chi connectivity index (χ0) is 15.4.